The zero-order valence-corrected chi connectivity index (χ0v) is 13.2. The molecule has 19 heavy (non-hydrogen) atoms. The second-order valence-corrected chi connectivity index (χ2v) is 5.82. The zero-order chi connectivity index (χ0) is 14.6. The van der Waals surface area contributed by atoms with Gasteiger partial charge in [0, 0.05) is 23.2 Å². The van der Waals surface area contributed by atoms with Gasteiger partial charge in [-0.05, 0) is 26.0 Å². The molecule has 0 aromatic heterocycles. The van der Waals surface area contributed by atoms with Crippen molar-refractivity contribution in [2.45, 2.75) is 52.5 Å². The van der Waals surface area contributed by atoms with Gasteiger partial charge >= 0.3 is 0 Å². The van der Waals surface area contributed by atoms with Gasteiger partial charge in [-0.1, -0.05) is 37.0 Å². The molecule has 0 aliphatic rings. The molecular weight excluding hydrogens is 285 g/mol. The molecule has 0 aliphatic carbocycles. The molecule has 2 unspecified atom stereocenters. The van der Waals surface area contributed by atoms with Crippen molar-refractivity contribution >= 4 is 23.2 Å². The minimum atomic E-state index is -0.572. The minimum absolute atomic E-state index is 0.337. The van der Waals surface area contributed by atoms with Crippen molar-refractivity contribution in [1.29, 1.82) is 0 Å². The number of nitrogens with one attached hydrogen (secondary N) is 1. The third kappa shape index (κ3) is 5.19. The van der Waals surface area contributed by atoms with E-state index in [1.165, 1.54) is 0 Å². The third-order valence-electron chi connectivity index (χ3n) is 2.77. The molecule has 3 nitrogen and oxygen atoms in total. The number of benzene rings is 1. The quantitative estimate of drug-likeness (QED) is 0.843. The van der Waals surface area contributed by atoms with Crippen molar-refractivity contribution in [1.82, 2.24) is 5.32 Å². The largest absolute Gasteiger partial charge is 0.486 e. The first-order valence-electron chi connectivity index (χ1n) is 6.37. The van der Waals surface area contributed by atoms with Crippen LogP contribution in [0.5, 0.6) is 5.75 Å². The Morgan fingerprint density at radius 2 is 1.84 bits per heavy atom. The summed E-state index contributed by atoms with van der Waals surface area (Å²) < 4.78 is 5.74. The summed E-state index contributed by atoms with van der Waals surface area (Å²) in [5, 5.41) is 13.9. The lowest BCUT2D eigenvalue weighted by atomic mass is 10.1. The third-order valence-corrected chi connectivity index (χ3v) is 3.27. The van der Waals surface area contributed by atoms with Crippen LogP contribution in [-0.2, 0) is 6.54 Å². The van der Waals surface area contributed by atoms with E-state index in [2.05, 4.69) is 19.2 Å². The molecule has 0 amide bonds. The van der Waals surface area contributed by atoms with Gasteiger partial charge in [0.05, 0.1) is 11.1 Å². The highest BCUT2D eigenvalue weighted by Gasteiger charge is 2.17. The number of aliphatic hydroxyl groups is 1. The van der Waals surface area contributed by atoms with Crippen molar-refractivity contribution in [3.05, 3.63) is 27.7 Å². The predicted octanol–water partition coefficient (Wildman–Crippen LogP) is 3.64. The minimum Gasteiger partial charge on any atom is -0.486 e. The molecule has 0 bridgehead atoms. The maximum atomic E-state index is 9.53. The van der Waals surface area contributed by atoms with Gasteiger partial charge in [-0.15, -0.1) is 0 Å². The van der Waals surface area contributed by atoms with Crippen LogP contribution in [0.3, 0.4) is 0 Å². The number of hydrogen-bond donors (Lipinski definition) is 2. The first kappa shape index (κ1) is 16.6. The van der Waals surface area contributed by atoms with Gasteiger partial charge in [-0.25, -0.2) is 0 Å². The van der Waals surface area contributed by atoms with E-state index in [0.29, 0.717) is 28.4 Å². The molecule has 0 radical (unpaired) electrons. The molecule has 0 saturated heterocycles. The second-order valence-electron chi connectivity index (χ2n) is 4.98. The van der Waals surface area contributed by atoms with E-state index in [4.69, 9.17) is 27.9 Å². The topological polar surface area (TPSA) is 41.5 Å². The lowest BCUT2D eigenvalue weighted by Crippen LogP contribution is -2.27. The van der Waals surface area contributed by atoms with E-state index in [-0.39, 0.29) is 6.10 Å². The Morgan fingerprint density at radius 3 is 2.37 bits per heavy atom. The maximum absolute atomic E-state index is 9.53. The molecule has 1 aromatic carbocycles. The summed E-state index contributed by atoms with van der Waals surface area (Å²) in [6, 6.07) is 3.82. The highest BCUT2D eigenvalue weighted by atomic mass is 35.5. The first-order chi connectivity index (χ1) is 8.81. The molecule has 0 heterocycles. The van der Waals surface area contributed by atoms with Crippen LogP contribution in [0.4, 0.5) is 0 Å². The summed E-state index contributed by atoms with van der Waals surface area (Å²) in [6.45, 7) is 8.21. The van der Waals surface area contributed by atoms with Gasteiger partial charge in [0.25, 0.3) is 0 Å². The SMILES string of the molecule is CC(C)NCc1cc(Cl)cc(Cl)c1OC(C)C(C)O. The number of hydrogen-bond acceptors (Lipinski definition) is 3. The van der Waals surface area contributed by atoms with Crippen molar-refractivity contribution in [2.24, 2.45) is 0 Å². The Bertz CT molecular complexity index is 422. The van der Waals surface area contributed by atoms with Crippen LogP contribution in [0.15, 0.2) is 12.1 Å². The van der Waals surface area contributed by atoms with Crippen molar-refractivity contribution < 1.29 is 9.84 Å². The monoisotopic (exact) mass is 305 g/mol. The van der Waals surface area contributed by atoms with Gasteiger partial charge in [-0.2, -0.15) is 0 Å². The number of rotatable bonds is 6. The van der Waals surface area contributed by atoms with E-state index in [1.807, 2.05) is 6.07 Å². The lowest BCUT2D eigenvalue weighted by Gasteiger charge is -2.21. The molecule has 1 aromatic rings. The van der Waals surface area contributed by atoms with E-state index >= 15 is 0 Å². The molecule has 1 rings (SSSR count). The van der Waals surface area contributed by atoms with Gasteiger partial charge in [0.2, 0.25) is 0 Å². The molecule has 0 saturated carbocycles. The zero-order valence-electron chi connectivity index (χ0n) is 11.7. The van der Waals surface area contributed by atoms with E-state index in [9.17, 15) is 5.11 Å². The Hall–Kier alpha value is -0.480. The molecule has 5 heteroatoms. The molecule has 0 fully saturated rings. The molecule has 2 atom stereocenters. The summed E-state index contributed by atoms with van der Waals surface area (Å²) in [5.74, 6) is 0.576. The van der Waals surface area contributed by atoms with Gasteiger partial charge in [0.15, 0.2) is 0 Å². The van der Waals surface area contributed by atoms with Crippen LogP contribution in [-0.4, -0.2) is 23.4 Å². The van der Waals surface area contributed by atoms with Gasteiger partial charge in [0.1, 0.15) is 11.9 Å². The van der Waals surface area contributed by atoms with Gasteiger partial charge < -0.3 is 15.2 Å². The highest BCUT2D eigenvalue weighted by Crippen LogP contribution is 2.33. The van der Waals surface area contributed by atoms with Crippen LogP contribution in [0.2, 0.25) is 10.0 Å². The molecule has 0 spiro atoms. The summed E-state index contributed by atoms with van der Waals surface area (Å²) in [5.41, 5.74) is 0.888. The standard InChI is InChI=1S/C14H21Cl2NO2/c1-8(2)17-7-11-5-12(15)6-13(16)14(11)19-10(4)9(3)18/h5-6,8-10,17-18H,7H2,1-4H3. The smallest absolute Gasteiger partial charge is 0.143 e. The van der Waals surface area contributed by atoms with Crippen LogP contribution in [0.25, 0.3) is 0 Å². The molecule has 108 valence electrons. The Kier molecular flexibility index (Phi) is 6.40. The second kappa shape index (κ2) is 7.34. The average molecular weight is 306 g/mol. The maximum Gasteiger partial charge on any atom is 0.143 e. The van der Waals surface area contributed by atoms with Crippen molar-refractivity contribution in [3.8, 4) is 5.75 Å². The normalized spacial score (nSPS) is 14.5. The fraction of sp³-hybridized carbons (Fsp3) is 0.571. The Morgan fingerprint density at radius 1 is 1.21 bits per heavy atom. The number of halogens is 2. The van der Waals surface area contributed by atoms with Crippen LogP contribution < -0.4 is 10.1 Å². The molecule has 2 N–H and O–H groups in total. The van der Waals surface area contributed by atoms with Gasteiger partial charge in [-0.3, -0.25) is 0 Å². The summed E-state index contributed by atoms with van der Waals surface area (Å²) in [7, 11) is 0. The van der Waals surface area contributed by atoms with Crippen molar-refractivity contribution in [2.75, 3.05) is 0 Å². The Balaban J connectivity index is 2.99. The van der Waals surface area contributed by atoms with Crippen LogP contribution >= 0.6 is 23.2 Å². The highest BCUT2D eigenvalue weighted by molar-refractivity contribution is 6.35. The summed E-state index contributed by atoms with van der Waals surface area (Å²) >= 11 is 12.2. The molecular formula is C14H21Cl2NO2. The van der Waals surface area contributed by atoms with E-state index in [1.54, 1.807) is 19.9 Å². The van der Waals surface area contributed by atoms with Crippen LogP contribution in [0, 0.1) is 0 Å². The summed E-state index contributed by atoms with van der Waals surface area (Å²) in [6.07, 6.45) is -0.908. The predicted molar refractivity (Wildman–Crippen MR) is 80.2 cm³/mol. The average Bonchev–Trinajstić information content (AvgIpc) is 2.29. The Labute approximate surface area is 124 Å². The molecule has 0 aliphatic heterocycles. The van der Waals surface area contributed by atoms with E-state index < -0.39 is 6.10 Å². The van der Waals surface area contributed by atoms with Crippen LogP contribution in [0.1, 0.15) is 33.3 Å². The lowest BCUT2D eigenvalue weighted by molar-refractivity contribution is 0.0598. The first-order valence-corrected chi connectivity index (χ1v) is 7.13. The van der Waals surface area contributed by atoms with E-state index in [0.717, 1.165) is 5.56 Å². The fourth-order valence-corrected chi connectivity index (χ4v) is 2.06. The number of aliphatic hydroxyl groups excluding tert-OH is 1. The fourth-order valence-electron chi connectivity index (χ4n) is 1.48. The number of ether oxygens (including phenoxy) is 1. The summed E-state index contributed by atoms with van der Waals surface area (Å²) in [4.78, 5) is 0. The van der Waals surface area contributed by atoms with Crippen molar-refractivity contribution in [3.63, 3.8) is 0 Å².